The minimum atomic E-state index is -0.812. The predicted octanol–water partition coefficient (Wildman–Crippen LogP) is 1.42. The number of H-pyrrole nitrogens is 2. The van der Waals surface area contributed by atoms with Gasteiger partial charge in [-0.05, 0) is 12.1 Å². The van der Waals surface area contributed by atoms with Crippen molar-refractivity contribution in [2.75, 3.05) is 0 Å². The molecule has 0 radical (unpaired) electrons. The first-order valence-electron chi connectivity index (χ1n) is 4.65. The van der Waals surface area contributed by atoms with Crippen molar-refractivity contribution >= 4 is 5.97 Å². The van der Waals surface area contributed by atoms with E-state index in [2.05, 4.69) is 15.0 Å². The summed E-state index contributed by atoms with van der Waals surface area (Å²) in [6.45, 7) is 0. The maximum atomic E-state index is 10.4. The van der Waals surface area contributed by atoms with E-state index in [4.69, 9.17) is 5.11 Å². The number of aromatic nitrogens is 3. The van der Waals surface area contributed by atoms with E-state index in [0.717, 1.165) is 11.4 Å². The third-order valence-electron chi connectivity index (χ3n) is 2.09. The second-order valence-corrected chi connectivity index (χ2v) is 3.22. The van der Waals surface area contributed by atoms with Crippen LogP contribution in [0.1, 0.15) is 12.2 Å². The number of carboxylic acid groups (broad SMARTS) is 1. The number of nitrogens with one attached hydrogen (secondary N) is 2. The largest absolute Gasteiger partial charge is 0.481 e. The summed E-state index contributed by atoms with van der Waals surface area (Å²) in [4.78, 5) is 20.6. The lowest BCUT2D eigenvalue weighted by Gasteiger charge is -1.92. The lowest BCUT2D eigenvalue weighted by molar-refractivity contribution is -0.137. The lowest BCUT2D eigenvalue weighted by Crippen LogP contribution is -1.98. The third kappa shape index (κ3) is 2.25. The highest BCUT2D eigenvalue weighted by Gasteiger charge is 2.05. The van der Waals surface area contributed by atoms with Gasteiger partial charge in [-0.15, -0.1) is 0 Å². The van der Waals surface area contributed by atoms with Crippen LogP contribution in [-0.4, -0.2) is 26.0 Å². The molecule has 2 aromatic heterocycles. The molecule has 2 heterocycles. The molecular formula is C10H11N3O2. The van der Waals surface area contributed by atoms with Gasteiger partial charge in [-0.1, -0.05) is 0 Å². The second-order valence-electron chi connectivity index (χ2n) is 3.22. The minimum absolute atomic E-state index is 0.0949. The van der Waals surface area contributed by atoms with Crippen molar-refractivity contribution in [3.63, 3.8) is 0 Å². The van der Waals surface area contributed by atoms with Gasteiger partial charge in [0, 0.05) is 12.6 Å². The van der Waals surface area contributed by atoms with Crippen LogP contribution < -0.4 is 0 Å². The molecule has 0 amide bonds. The van der Waals surface area contributed by atoms with E-state index in [1.54, 1.807) is 6.20 Å². The summed E-state index contributed by atoms with van der Waals surface area (Å²) in [6.07, 6.45) is 4.05. The van der Waals surface area contributed by atoms with Gasteiger partial charge in [0.1, 0.15) is 5.82 Å². The Kier molecular flexibility index (Phi) is 2.53. The van der Waals surface area contributed by atoms with Gasteiger partial charge >= 0.3 is 5.97 Å². The van der Waals surface area contributed by atoms with Crippen LogP contribution in [-0.2, 0) is 11.2 Å². The van der Waals surface area contributed by atoms with E-state index in [9.17, 15) is 4.79 Å². The van der Waals surface area contributed by atoms with E-state index in [0.29, 0.717) is 12.2 Å². The normalized spacial score (nSPS) is 10.4. The van der Waals surface area contributed by atoms with Gasteiger partial charge < -0.3 is 15.1 Å². The molecule has 5 nitrogen and oxygen atoms in total. The van der Waals surface area contributed by atoms with Crippen LogP contribution in [0.2, 0.25) is 0 Å². The highest BCUT2D eigenvalue weighted by molar-refractivity contribution is 5.67. The Morgan fingerprint density at radius 1 is 1.47 bits per heavy atom. The Morgan fingerprint density at radius 3 is 3.00 bits per heavy atom. The Morgan fingerprint density at radius 2 is 2.33 bits per heavy atom. The summed E-state index contributed by atoms with van der Waals surface area (Å²) in [6, 6.07) is 3.82. The SMILES string of the molecule is O=C(O)CCc1ncc(-c2ccc[nH]2)[nH]1. The quantitative estimate of drug-likeness (QED) is 0.706. The highest BCUT2D eigenvalue weighted by atomic mass is 16.4. The van der Waals surface area contributed by atoms with Crippen LogP contribution in [0, 0.1) is 0 Å². The number of aromatic amines is 2. The summed E-state index contributed by atoms with van der Waals surface area (Å²) in [5.74, 6) is -0.116. The average molecular weight is 205 g/mol. The van der Waals surface area contributed by atoms with Crippen molar-refractivity contribution in [1.82, 2.24) is 15.0 Å². The second kappa shape index (κ2) is 4.00. The van der Waals surface area contributed by atoms with Crippen LogP contribution >= 0.6 is 0 Å². The zero-order valence-corrected chi connectivity index (χ0v) is 8.03. The van der Waals surface area contributed by atoms with Crippen LogP contribution in [0.3, 0.4) is 0 Å². The average Bonchev–Trinajstić information content (AvgIpc) is 2.85. The van der Waals surface area contributed by atoms with E-state index in [1.165, 1.54) is 0 Å². The minimum Gasteiger partial charge on any atom is -0.481 e. The molecule has 0 bridgehead atoms. The topological polar surface area (TPSA) is 81.8 Å². The van der Waals surface area contributed by atoms with Crippen molar-refractivity contribution in [3.8, 4) is 11.4 Å². The summed E-state index contributed by atoms with van der Waals surface area (Å²) < 4.78 is 0. The van der Waals surface area contributed by atoms with Crippen LogP contribution in [0.4, 0.5) is 0 Å². The Bertz CT molecular complexity index is 445. The van der Waals surface area contributed by atoms with E-state index in [-0.39, 0.29) is 6.42 Å². The van der Waals surface area contributed by atoms with Gasteiger partial charge in [0.05, 0.1) is 24.0 Å². The van der Waals surface area contributed by atoms with Crippen LogP contribution in [0.5, 0.6) is 0 Å². The fourth-order valence-corrected chi connectivity index (χ4v) is 1.35. The number of imidazole rings is 1. The summed E-state index contributed by atoms with van der Waals surface area (Å²) in [5.41, 5.74) is 1.82. The summed E-state index contributed by atoms with van der Waals surface area (Å²) >= 11 is 0. The van der Waals surface area contributed by atoms with Gasteiger partial charge in [-0.3, -0.25) is 4.79 Å². The highest BCUT2D eigenvalue weighted by Crippen LogP contribution is 2.14. The van der Waals surface area contributed by atoms with E-state index in [1.807, 2.05) is 18.3 Å². The number of aliphatic carboxylic acids is 1. The number of aryl methyl sites for hydroxylation is 1. The molecule has 2 rings (SSSR count). The number of carboxylic acids is 1. The van der Waals surface area contributed by atoms with E-state index < -0.39 is 5.97 Å². The van der Waals surface area contributed by atoms with Crippen molar-refractivity contribution in [2.24, 2.45) is 0 Å². The Balaban J connectivity index is 2.08. The maximum Gasteiger partial charge on any atom is 0.303 e. The van der Waals surface area contributed by atoms with Gasteiger partial charge in [0.2, 0.25) is 0 Å². The predicted molar refractivity (Wildman–Crippen MR) is 54.3 cm³/mol. The smallest absolute Gasteiger partial charge is 0.303 e. The van der Waals surface area contributed by atoms with Crippen molar-refractivity contribution < 1.29 is 9.90 Å². The summed E-state index contributed by atoms with van der Waals surface area (Å²) in [7, 11) is 0. The zero-order valence-electron chi connectivity index (χ0n) is 8.03. The number of rotatable bonds is 4. The number of hydrogen-bond donors (Lipinski definition) is 3. The molecule has 0 unspecified atom stereocenters. The van der Waals surface area contributed by atoms with Crippen molar-refractivity contribution in [3.05, 3.63) is 30.4 Å². The fourth-order valence-electron chi connectivity index (χ4n) is 1.35. The Labute approximate surface area is 86.2 Å². The molecule has 0 aliphatic carbocycles. The lowest BCUT2D eigenvalue weighted by atomic mass is 10.3. The van der Waals surface area contributed by atoms with Crippen molar-refractivity contribution in [2.45, 2.75) is 12.8 Å². The summed E-state index contributed by atoms with van der Waals surface area (Å²) in [5, 5.41) is 8.52. The molecule has 78 valence electrons. The number of carbonyl (C=O) groups is 1. The first kappa shape index (κ1) is 9.51. The molecule has 0 saturated carbocycles. The molecule has 0 fully saturated rings. The maximum absolute atomic E-state index is 10.4. The monoisotopic (exact) mass is 205 g/mol. The fraction of sp³-hybridized carbons (Fsp3) is 0.200. The van der Waals surface area contributed by atoms with Crippen LogP contribution in [0.15, 0.2) is 24.5 Å². The standard InChI is InChI=1S/C10H11N3O2/c14-10(15)4-3-9-12-6-8(13-9)7-2-1-5-11-7/h1-2,5-6,11H,3-4H2,(H,12,13)(H,14,15). The van der Waals surface area contributed by atoms with Crippen LogP contribution in [0.25, 0.3) is 11.4 Å². The first-order valence-corrected chi connectivity index (χ1v) is 4.65. The molecule has 0 aromatic carbocycles. The molecule has 0 atom stereocenters. The molecular weight excluding hydrogens is 194 g/mol. The third-order valence-corrected chi connectivity index (χ3v) is 2.09. The Hall–Kier alpha value is -2.04. The molecule has 0 spiro atoms. The van der Waals surface area contributed by atoms with Crippen molar-refractivity contribution in [1.29, 1.82) is 0 Å². The molecule has 0 aliphatic rings. The molecule has 5 heteroatoms. The molecule has 15 heavy (non-hydrogen) atoms. The van der Waals surface area contributed by atoms with Gasteiger partial charge in [-0.25, -0.2) is 4.98 Å². The van der Waals surface area contributed by atoms with Gasteiger partial charge in [-0.2, -0.15) is 0 Å². The molecule has 3 N–H and O–H groups in total. The van der Waals surface area contributed by atoms with E-state index >= 15 is 0 Å². The van der Waals surface area contributed by atoms with Gasteiger partial charge in [0.25, 0.3) is 0 Å². The molecule has 0 aliphatic heterocycles. The number of nitrogens with zero attached hydrogens (tertiary/aromatic N) is 1. The molecule has 0 saturated heterocycles. The number of hydrogen-bond acceptors (Lipinski definition) is 2. The zero-order chi connectivity index (χ0) is 10.7. The van der Waals surface area contributed by atoms with Gasteiger partial charge in [0.15, 0.2) is 0 Å². The molecule has 2 aromatic rings. The first-order chi connectivity index (χ1) is 7.25.